The zero-order valence-electron chi connectivity index (χ0n) is 10.2. The average molecular weight is 212 g/mol. The third kappa shape index (κ3) is 3.49. The molecule has 1 rings (SSSR count). The molecule has 1 unspecified atom stereocenters. The van der Waals surface area contributed by atoms with E-state index >= 15 is 0 Å². The Labute approximate surface area is 92.8 Å². The Bertz CT molecular complexity index is 216. The lowest BCUT2D eigenvalue weighted by atomic mass is 9.81. The third-order valence-electron chi connectivity index (χ3n) is 3.29. The summed E-state index contributed by atoms with van der Waals surface area (Å²) in [7, 11) is 0. The van der Waals surface area contributed by atoms with E-state index in [1.54, 1.807) is 0 Å². The summed E-state index contributed by atoms with van der Waals surface area (Å²) in [6.45, 7) is 7.07. The topological polar surface area (TPSA) is 55.1 Å². The van der Waals surface area contributed by atoms with Crippen molar-refractivity contribution in [3.8, 4) is 0 Å². The van der Waals surface area contributed by atoms with Crippen LogP contribution in [0.2, 0.25) is 0 Å². The summed E-state index contributed by atoms with van der Waals surface area (Å²) in [4.78, 5) is 11.8. The van der Waals surface area contributed by atoms with Crippen LogP contribution in [0.25, 0.3) is 0 Å². The first-order valence-electron chi connectivity index (χ1n) is 5.95. The fourth-order valence-corrected chi connectivity index (χ4v) is 1.85. The SMILES string of the molecule is CC(C)(C)C(CCN)NC(=O)C1CCC1. The predicted octanol–water partition coefficient (Wildman–Crippen LogP) is 1.67. The van der Waals surface area contributed by atoms with Crippen molar-refractivity contribution >= 4 is 5.91 Å². The summed E-state index contributed by atoms with van der Waals surface area (Å²) in [6.07, 6.45) is 4.19. The Hall–Kier alpha value is -0.570. The van der Waals surface area contributed by atoms with Gasteiger partial charge in [0.2, 0.25) is 5.91 Å². The summed E-state index contributed by atoms with van der Waals surface area (Å²) in [5.41, 5.74) is 5.67. The molecule has 0 radical (unpaired) electrons. The Kier molecular flexibility index (Phi) is 4.14. The van der Waals surface area contributed by atoms with Gasteiger partial charge in [-0.1, -0.05) is 27.2 Å². The van der Waals surface area contributed by atoms with Crippen molar-refractivity contribution in [1.82, 2.24) is 5.32 Å². The molecule has 0 aliphatic heterocycles. The standard InChI is InChI=1S/C12H24N2O/c1-12(2,3)10(7-8-13)14-11(15)9-5-4-6-9/h9-10H,4-8,13H2,1-3H3,(H,14,15). The molecule has 3 N–H and O–H groups in total. The lowest BCUT2D eigenvalue weighted by Gasteiger charge is -2.34. The van der Waals surface area contributed by atoms with E-state index in [9.17, 15) is 4.79 Å². The van der Waals surface area contributed by atoms with E-state index in [2.05, 4.69) is 26.1 Å². The number of amides is 1. The quantitative estimate of drug-likeness (QED) is 0.744. The van der Waals surface area contributed by atoms with Gasteiger partial charge in [0, 0.05) is 12.0 Å². The summed E-state index contributed by atoms with van der Waals surface area (Å²) < 4.78 is 0. The van der Waals surface area contributed by atoms with Gasteiger partial charge >= 0.3 is 0 Å². The van der Waals surface area contributed by atoms with E-state index in [4.69, 9.17) is 5.73 Å². The lowest BCUT2D eigenvalue weighted by Crippen LogP contribution is -2.48. The molecule has 1 fully saturated rings. The predicted molar refractivity (Wildman–Crippen MR) is 62.4 cm³/mol. The number of hydrogen-bond acceptors (Lipinski definition) is 2. The molecule has 3 nitrogen and oxygen atoms in total. The smallest absolute Gasteiger partial charge is 0.223 e. The van der Waals surface area contributed by atoms with Gasteiger partial charge in [0.1, 0.15) is 0 Å². The maximum atomic E-state index is 11.8. The van der Waals surface area contributed by atoms with Crippen LogP contribution >= 0.6 is 0 Å². The molecule has 1 atom stereocenters. The Morgan fingerprint density at radius 1 is 1.47 bits per heavy atom. The number of carbonyl (C=O) groups excluding carboxylic acids is 1. The first-order chi connectivity index (χ1) is 6.95. The number of hydrogen-bond donors (Lipinski definition) is 2. The van der Waals surface area contributed by atoms with E-state index < -0.39 is 0 Å². The summed E-state index contributed by atoms with van der Waals surface area (Å²) in [5, 5.41) is 3.14. The highest BCUT2D eigenvalue weighted by atomic mass is 16.2. The summed E-state index contributed by atoms with van der Waals surface area (Å²) >= 11 is 0. The van der Waals surface area contributed by atoms with Gasteiger partial charge in [-0.15, -0.1) is 0 Å². The minimum Gasteiger partial charge on any atom is -0.353 e. The van der Waals surface area contributed by atoms with Crippen molar-refractivity contribution in [2.45, 2.75) is 52.5 Å². The first-order valence-corrected chi connectivity index (χ1v) is 5.95. The molecule has 0 spiro atoms. The molecule has 0 aromatic heterocycles. The van der Waals surface area contributed by atoms with E-state index in [1.165, 1.54) is 6.42 Å². The highest BCUT2D eigenvalue weighted by molar-refractivity contribution is 5.79. The van der Waals surface area contributed by atoms with Crippen LogP contribution in [0.4, 0.5) is 0 Å². The highest BCUT2D eigenvalue weighted by Crippen LogP contribution is 2.28. The first kappa shape index (κ1) is 12.5. The van der Waals surface area contributed by atoms with Gasteiger partial charge in [0.05, 0.1) is 0 Å². The van der Waals surface area contributed by atoms with Crippen LogP contribution in [-0.4, -0.2) is 18.5 Å². The molecule has 1 saturated carbocycles. The van der Waals surface area contributed by atoms with Crippen molar-refractivity contribution in [1.29, 1.82) is 0 Å². The van der Waals surface area contributed by atoms with Gasteiger partial charge in [0.25, 0.3) is 0 Å². The van der Waals surface area contributed by atoms with E-state index in [0.717, 1.165) is 19.3 Å². The second-order valence-corrected chi connectivity index (χ2v) is 5.63. The second-order valence-electron chi connectivity index (χ2n) is 5.63. The number of rotatable bonds is 4. The fourth-order valence-electron chi connectivity index (χ4n) is 1.85. The van der Waals surface area contributed by atoms with Gasteiger partial charge in [-0.3, -0.25) is 4.79 Å². The van der Waals surface area contributed by atoms with E-state index in [-0.39, 0.29) is 23.3 Å². The zero-order chi connectivity index (χ0) is 11.5. The summed E-state index contributed by atoms with van der Waals surface area (Å²) in [6, 6.07) is 0.204. The van der Waals surface area contributed by atoms with Crippen LogP contribution in [0.15, 0.2) is 0 Å². The van der Waals surface area contributed by atoms with Crippen LogP contribution in [0, 0.1) is 11.3 Å². The second kappa shape index (κ2) is 4.97. The van der Waals surface area contributed by atoms with Crippen molar-refractivity contribution in [3.05, 3.63) is 0 Å². The molecule has 1 aliphatic rings. The van der Waals surface area contributed by atoms with Crippen molar-refractivity contribution < 1.29 is 4.79 Å². The Morgan fingerprint density at radius 3 is 2.40 bits per heavy atom. The molecule has 1 aliphatic carbocycles. The van der Waals surface area contributed by atoms with Gasteiger partial charge in [0.15, 0.2) is 0 Å². The monoisotopic (exact) mass is 212 g/mol. The molecule has 15 heavy (non-hydrogen) atoms. The molecular weight excluding hydrogens is 188 g/mol. The van der Waals surface area contributed by atoms with Gasteiger partial charge < -0.3 is 11.1 Å². The van der Waals surface area contributed by atoms with Gasteiger partial charge in [-0.05, 0) is 31.2 Å². The van der Waals surface area contributed by atoms with Gasteiger partial charge in [-0.2, -0.15) is 0 Å². The minimum absolute atomic E-state index is 0.0960. The minimum atomic E-state index is 0.0960. The van der Waals surface area contributed by atoms with Crippen molar-refractivity contribution in [2.75, 3.05) is 6.54 Å². The largest absolute Gasteiger partial charge is 0.353 e. The van der Waals surface area contributed by atoms with Gasteiger partial charge in [-0.25, -0.2) is 0 Å². The van der Waals surface area contributed by atoms with Crippen molar-refractivity contribution in [2.24, 2.45) is 17.1 Å². The van der Waals surface area contributed by atoms with Crippen LogP contribution in [0.1, 0.15) is 46.5 Å². The molecular formula is C12H24N2O. The highest BCUT2D eigenvalue weighted by Gasteiger charge is 2.30. The number of carbonyl (C=O) groups is 1. The molecule has 0 heterocycles. The molecule has 0 saturated heterocycles. The molecule has 88 valence electrons. The van der Waals surface area contributed by atoms with E-state index in [1.807, 2.05) is 0 Å². The molecule has 0 aromatic carbocycles. The van der Waals surface area contributed by atoms with Crippen LogP contribution < -0.4 is 11.1 Å². The Balaban J connectivity index is 2.46. The Morgan fingerprint density at radius 2 is 2.07 bits per heavy atom. The third-order valence-corrected chi connectivity index (χ3v) is 3.29. The molecule has 1 amide bonds. The van der Waals surface area contributed by atoms with E-state index in [0.29, 0.717) is 6.54 Å². The summed E-state index contributed by atoms with van der Waals surface area (Å²) in [5.74, 6) is 0.502. The number of nitrogens with one attached hydrogen (secondary N) is 1. The van der Waals surface area contributed by atoms with Crippen LogP contribution in [0.3, 0.4) is 0 Å². The number of nitrogens with two attached hydrogens (primary N) is 1. The molecule has 3 heteroatoms. The van der Waals surface area contributed by atoms with Crippen molar-refractivity contribution in [3.63, 3.8) is 0 Å². The average Bonchev–Trinajstić information content (AvgIpc) is 1.98. The molecule has 0 aromatic rings. The van der Waals surface area contributed by atoms with Crippen LogP contribution in [-0.2, 0) is 4.79 Å². The maximum absolute atomic E-state index is 11.8. The fraction of sp³-hybridized carbons (Fsp3) is 0.917. The normalized spacial score (nSPS) is 19.5. The maximum Gasteiger partial charge on any atom is 0.223 e. The van der Waals surface area contributed by atoms with Crippen LogP contribution in [0.5, 0.6) is 0 Å². The lowest BCUT2D eigenvalue weighted by molar-refractivity contribution is -0.128. The zero-order valence-corrected chi connectivity index (χ0v) is 10.2. The molecule has 0 bridgehead atoms.